The third-order valence-electron chi connectivity index (χ3n) is 3.92. The van der Waals surface area contributed by atoms with Crippen molar-refractivity contribution in [2.75, 3.05) is 33.8 Å². The second-order valence-electron chi connectivity index (χ2n) is 5.87. The summed E-state index contributed by atoms with van der Waals surface area (Å²) in [7, 11) is 3.46. The number of amides is 1. The van der Waals surface area contributed by atoms with Crippen molar-refractivity contribution < 1.29 is 9.53 Å². The summed E-state index contributed by atoms with van der Waals surface area (Å²) < 4.78 is 5.74. The summed E-state index contributed by atoms with van der Waals surface area (Å²) in [6, 6.07) is 8.26. The highest BCUT2D eigenvalue weighted by Gasteiger charge is 2.29. The molecule has 0 spiro atoms. The minimum absolute atomic E-state index is 0. The standard InChI is InChI=1S/C17H26N4O2.HI/c1-5-18-17(19-10-16(22)21(3)4)20-12(2)14-11-23-15-9-7-6-8-13(14)15;/h6-9,12,14H,5,10-11H2,1-4H3,(H2,18,19,20);1H. The number of aliphatic imine (C=N–C) groups is 1. The Balaban J connectivity index is 0.00000288. The first kappa shape index (κ1) is 20.5. The molecular formula is C17H27IN4O2. The summed E-state index contributed by atoms with van der Waals surface area (Å²) in [5.41, 5.74) is 1.22. The first-order valence-corrected chi connectivity index (χ1v) is 7.99. The van der Waals surface area contributed by atoms with E-state index < -0.39 is 0 Å². The van der Waals surface area contributed by atoms with Crippen LogP contribution in [0.2, 0.25) is 0 Å². The van der Waals surface area contributed by atoms with Crippen LogP contribution in [0.5, 0.6) is 5.75 Å². The number of guanidine groups is 1. The summed E-state index contributed by atoms with van der Waals surface area (Å²) in [6.45, 7) is 5.64. The van der Waals surface area contributed by atoms with E-state index >= 15 is 0 Å². The lowest BCUT2D eigenvalue weighted by Gasteiger charge is -2.22. The second kappa shape index (κ2) is 9.71. The van der Waals surface area contributed by atoms with E-state index in [-0.39, 0.29) is 48.4 Å². The van der Waals surface area contributed by atoms with Crippen LogP contribution >= 0.6 is 24.0 Å². The van der Waals surface area contributed by atoms with Crippen molar-refractivity contribution in [3.8, 4) is 5.75 Å². The Morgan fingerprint density at radius 1 is 1.42 bits per heavy atom. The minimum Gasteiger partial charge on any atom is -0.493 e. The van der Waals surface area contributed by atoms with Gasteiger partial charge in [-0.15, -0.1) is 24.0 Å². The van der Waals surface area contributed by atoms with Gasteiger partial charge in [0, 0.05) is 38.2 Å². The first-order valence-electron chi connectivity index (χ1n) is 7.99. The summed E-state index contributed by atoms with van der Waals surface area (Å²) in [6.07, 6.45) is 0. The van der Waals surface area contributed by atoms with Crippen molar-refractivity contribution in [1.29, 1.82) is 0 Å². The highest BCUT2D eigenvalue weighted by molar-refractivity contribution is 14.0. The Labute approximate surface area is 161 Å². The number of nitrogens with zero attached hydrogens (tertiary/aromatic N) is 2. The van der Waals surface area contributed by atoms with Crippen LogP contribution in [-0.4, -0.2) is 56.6 Å². The molecule has 1 aliphatic heterocycles. The van der Waals surface area contributed by atoms with Crippen LogP contribution in [0.15, 0.2) is 29.3 Å². The largest absolute Gasteiger partial charge is 0.493 e. The first-order chi connectivity index (χ1) is 11.0. The fraction of sp³-hybridized carbons (Fsp3) is 0.529. The van der Waals surface area contributed by atoms with Crippen LogP contribution in [0.1, 0.15) is 25.3 Å². The number of rotatable bonds is 5. The van der Waals surface area contributed by atoms with Gasteiger partial charge in [-0.1, -0.05) is 18.2 Å². The molecule has 1 amide bonds. The van der Waals surface area contributed by atoms with E-state index in [9.17, 15) is 4.79 Å². The number of halogens is 1. The van der Waals surface area contributed by atoms with Crippen LogP contribution in [0.4, 0.5) is 0 Å². The minimum atomic E-state index is -0.0237. The number of fused-ring (bicyclic) bond motifs is 1. The van der Waals surface area contributed by atoms with Gasteiger partial charge >= 0.3 is 0 Å². The summed E-state index contributed by atoms with van der Waals surface area (Å²) in [5.74, 6) is 1.85. The molecule has 6 nitrogen and oxygen atoms in total. The van der Waals surface area contributed by atoms with E-state index in [1.165, 1.54) is 10.5 Å². The average molecular weight is 446 g/mol. The maximum atomic E-state index is 11.7. The smallest absolute Gasteiger partial charge is 0.243 e. The number of carbonyl (C=O) groups excluding carboxylic acids is 1. The average Bonchev–Trinajstić information content (AvgIpc) is 2.96. The lowest BCUT2D eigenvalue weighted by molar-refractivity contribution is -0.127. The normalized spacial score (nSPS) is 17.2. The molecule has 1 heterocycles. The predicted molar refractivity (Wildman–Crippen MR) is 107 cm³/mol. The molecule has 2 atom stereocenters. The van der Waals surface area contributed by atoms with Gasteiger partial charge in [0.05, 0.1) is 6.61 Å². The van der Waals surface area contributed by atoms with Gasteiger partial charge in [0.1, 0.15) is 12.3 Å². The predicted octanol–water partition coefficient (Wildman–Crippen LogP) is 1.81. The summed E-state index contributed by atoms with van der Waals surface area (Å²) in [5, 5.41) is 6.57. The molecule has 1 aliphatic rings. The molecule has 2 N–H and O–H groups in total. The molecule has 0 fully saturated rings. The topological polar surface area (TPSA) is 66.0 Å². The van der Waals surface area contributed by atoms with Crippen molar-refractivity contribution >= 4 is 35.8 Å². The van der Waals surface area contributed by atoms with Crippen molar-refractivity contribution in [2.45, 2.75) is 25.8 Å². The Morgan fingerprint density at radius 2 is 2.12 bits per heavy atom. The zero-order chi connectivity index (χ0) is 16.8. The number of ether oxygens (including phenoxy) is 1. The van der Waals surface area contributed by atoms with Gasteiger partial charge in [-0.25, -0.2) is 4.99 Å². The van der Waals surface area contributed by atoms with Crippen LogP contribution in [0, 0.1) is 0 Å². The van der Waals surface area contributed by atoms with Gasteiger partial charge in [0.25, 0.3) is 0 Å². The maximum Gasteiger partial charge on any atom is 0.243 e. The Bertz CT molecular complexity index is 577. The highest BCUT2D eigenvalue weighted by atomic mass is 127. The van der Waals surface area contributed by atoms with Gasteiger partial charge < -0.3 is 20.3 Å². The van der Waals surface area contributed by atoms with Gasteiger partial charge in [0.15, 0.2) is 5.96 Å². The molecule has 0 aliphatic carbocycles. The molecule has 24 heavy (non-hydrogen) atoms. The zero-order valence-corrected chi connectivity index (χ0v) is 17.0. The molecule has 1 aromatic carbocycles. The molecule has 134 valence electrons. The summed E-state index contributed by atoms with van der Waals surface area (Å²) >= 11 is 0. The van der Waals surface area contributed by atoms with E-state index in [0.717, 1.165) is 12.3 Å². The molecule has 0 aromatic heterocycles. The molecule has 2 unspecified atom stereocenters. The van der Waals surface area contributed by atoms with Gasteiger partial charge in [-0.2, -0.15) is 0 Å². The second-order valence-corrected chi connectivity index (χ2v) is 5.87. The molecule has 0 radical (unpaired) electrons. The monoisotopic (exact) mass is 446 g/mol. The van der Waals surface area contributed by atoms with E-state index in [2.05, 4.69) is 28.6 Å². The number of nitrogens with one attached hydrogen (secondary N) is 2. The lowest BCUT2D eigenvalue weighted by atomic mass is 9.94. The van der Waals surface area contributed by atoms with Crippen LogP contribution < -0.4 is 15.4 Å². The van der Waals surface area contributed by atoms with E-state index in [0.29, 0.717) is 12.6 Å². The molecular weight excluding hydrogens is 419 g/mol. The van der Waals surface area contributed by atoms with Crippen molar-refractivity contribution in [2.24, 2.45) is 4.99 Å². The maximum absolute atomic E-state index is 11.7. The van der Waals surface area contributed by atoms with Crippen molar-refractivity contribution in [3.63, 3.8) is 0 Å². The number of hydrogen-bond acceptors (Lipinski definition) is 3. The van der Waals surface area contributed by atoms with Gasteiger partial charge in [0.2, 0.25) is 5.91 Å². The van der Waals surface area contributed by atoms with E-state index in [1.807, 2.05) is 25.1 Å². The quantitative estimate of drug-likeness (QED) is 0.412. The van der Waals surface area contributed by atoms with Crippen molar-refractivity contribution in [1.82, 2.24) is 15.5 Å². The fourth-order valence-electron chi connectivity index (χ4n) is 2.53. The van der Waals surface area contributed by atoms with Crippen LogP contribution in [0.25, 0.3) is 0 Å². The van der Waals surface area contributed by atoms with Crippen LogP contribution in [-0.2, 0) is 4.79 Å². The molecule has 2 rings (SSSR count). The zero-order valence-electron chi connectivity index (χ0n) is 14.7. The van der Waals surface area contributed by atoms with Crippen LogP contribution in [0.3, 0.4) is 0 Å². The van der Waals surface area contributed by atoms with Gasteiger partial charge in [-0.05, 0) is 19.9 Å². The number of hydrogen-bond donors (Lipinski definition) is 2. The molecule has 1 aromatic rings. The Hall–Kier alpha value is -1.51. The Kier molecular flexibility index (Phi) is 8.30. The fourth-order valence-corrected chi connectivity index (χ4v) is 2.53. The lowest BCUT2D eigenvalue weighted by Crippen LogP contribution is -2.45. The van der Waals surface area contributed by atoms with E-state index in [1.54, 1.807) is 14.1 Å². The van der Waals surface area contributed by atoms with Crippen molar-refractivity contribution in [3.05, 3.63) is 29.8 Å². The van der Waals surface area contributed by atoms with E-state index in [4.69, 9.17) is 4.74 Å². The van der Waals surface area contributed by atoms with Gasteiger partial charge in [-0.3, -0.25) is 4.79 Å². The highest BCUT2D eigenvalue weighted by Crippen LogP contribution is 2.35. The SMILES string of the molecule is CCNC(=NCC(=O)N(C)C)NC(C)C1COc2ccccc21.I. The number of benzene rings is 1. The molecule has 0 saturated carbocycles. The number of likely N-dealkylation sites (N-methyl/N-ethyl adjacent to an activating group) is 1. The third-order valence-corrected chi connectivity index (χ3v) is 3.92. The summed E-state index contributed by atoms with van der Waals surface area (Å²) in [4.78, 5) is 17.6. The molecule has 7 heteroatoms. The Morgan fingerprint density at radius 3 is 2.79 bits per heavy atom. The third kappa shape index (κ3) is 5.25. The molecule has 0 saturated heterocycles. The molecule has 0 bridgehead atoms. The number of carbonyl (C=O) groups is 1. The number of para-hydroxylation sites is 1.